The third kappa shape index (κ3) is 7.56. The van der Waals surface area contributed by atoms with Crippen LogP contribution in [0.5, 0.6) is 0 Å². The molecule has 2 N–H and O–H groups in total. The molecule has 1 saturated heterocycles. The Balaban J connectivity index is 1.72. The summed E-state index contributed by atoms with van der Waals surface area (Å²) in [6.07, 6.45) is 0. The van der Waals surface area contributed by atoms with Gasteiger partial charge in [-0.15, -0.1) is 11.3 Å². The van der Waals surface area contributed by atoms with Gasteiger partial charge >= 0.3 is 5.97 Å². The standard InChI is InChI=1S/C22H29FN5O6PS3/c1-22(2,3)34-20(30)18-19(37-13-25-18)28(35-4)38(31,32)14-5-6-16(15(23)11-14)26-17(29)12-24-21(36)27-7-9-33-10-8-27/h5-6,11,13,35H,7-10,12H2,1-4H3,(H,24,36)(H,26,29). The third-order valence-electron chi connectivity index (χ3n) is 4.98. The number of halogens is 1. The van der Waals surface area contributed by atoms with E-state index < -0.39 is 33.3 Å². The molecule has 1 aromatic heterocycles. The Bertz CT molecular complexity index is 1290. The van der Waals surface area contributed by atoms with Crippen LogP contribution in [0.4, 0.5) is 15.1 Å². The lowest BCUT2D eigenvalue weighted by Crippen LogP contribution is -2.47. The Kier molecular flexibility index (Phi) is 9.98. The lowest BCUT2D eigenvalue weighted by Gasteiger charge is -2.29. The van der Waals surface area contributed by atoms with Gasteiger partial charge in [0.15, 0.2) is 10.8 Å². The molecular weight excluding hydrogens is 576 g/mol. The first kappa shape index (κ1) is 30.1. The van der Waals surface area contributed by atoms with Crippen LogP contribution >= 0.6 is 32.3 Å². The van der Waals surface area contributed by atoms with Gasteiger partial charge in [0.1, 0.15) is 16.4 Å². The number of ether oxygens (including phenoxy) is 2. The summed E-state index contributed by atoms with van der Waals surface area (Å²) >= 11 is 6.22. The van der Waals surface area contributed by atoms with Crippen LogP contribution in [0.2, 0.25) is 0 Å². The molecule has 38 heavy (non-hydrogen) atoms. The number of carbonyl (C=O) groups is 2. The molecule has 0 saturated carbocycles. The molecule has 3 rings (SSSR count). The molecule has 1 aliphatic heterocycles. The van der Waals surface area contributed by atoms with Crippen molar-refractivity contribution in [2.24, 2.45) is 0 Å². The molecule has 1 aromatic carbocycles. The van der Waals surface area contributed by atoms with Gasteiger partial charge in [-0.05, 0) is 66.6 Å². The minimum Gasteiger partial charge on any atom is -0.455 e. The highest BCUT2D eigenvalue weighted by atomic mass is 32.2. The Labute approximate surface area is 232 Å². The lowest BCUT2D eigenvalue weighted by atomic mass is 10.2. The maximum Gasteiger partial charge on any atom is 0.360 e. The summed E-state index contributed by atoms with van der Waals surface area (Å²) in [5.41, 5.74) is 0.207. The fourth-order valence-corrected chi connectivity index (χ4v) is 7.58. The number of hydrogen-bond donors (Lipinski definition) is 2. The van der Waals surface area contributed by atoms with E-state index in [1.807, 2.05) is 4.90 Å². The van der Waals surface area contributed by atoms with E-state index in [0.29, 0.717) is 31.4 Å². The number of morpholine rings is 1. The highest BCUT2D eigenvalue weighted by Crippen LogP contribution is 2.38. The molecule has 2 aromatic rings. The molecule has 1 unspecified atom stereocenters. The summed E-state index contributed by atoms with van der Waals surface area (Å²) < 4.78 is 53.3. The van der Waals surface area contributed by atoms with E-state index in [0.717, 1.165) is 21.5 Å². The number of esters is 1. The Morgan fingerprint density at radius 1 is 1.32 bits per heavy atom. The molecule has 1 atom stereocenters. The van der Waals surface area contributed by atoms with Gasteiger partial charge in [0.2, 0.25) is 5.91 Å². The number of sulfonamides is 1. The van der Waals surface area contributed by atoms with Gasteiger partial charge in [0.25, 0.3) is 10.0 Å². The van der Waals surface area contributed by atoms with Gasteiger partial charge in [0, 0.05) is 13.1 Å². The van der Waals surface area contributed by atoms with Crippen LogP contribution in [0.25, 0.3) is 0 Å². The number of anilines is 2. The molecule has 208 valence electrons. The molecule has 1 aliphatic rings. The largest absolute Gasteiger partial charge is 0.455 e. The van der Waals surface area contributed by atoms with Crippen LogP contribution in [0, 0.1) is 5.82 Å². The van der Waals surface area contributed by atoms with Crippen molar-refractivity contribution in [3.63, 3.8) is 0 Å². The average molecular weight is 606 g/mol. The van der Waals surface area contributed by atoms with Crippen molar-refractivity contribution in [3.05, 3.63) is 35.2 Å². The third-order valence-corrected chi connectivity index (χ3v) is 9.88. The fraction of sp³-hybridized carbons (Fsp3) is 0.455. The molecule has 11 nitrogen and oxygen atoms in total. The zero-order valence-electron chi connectivity index (χ0n) is 21.2. The number of nitrogens with one attached hydrogen (secondary N) is 2. The highest BCUT2D eigenvalue weighted by Gasteiger charge is 2.32. The predicted octanol–water partition coefficient (Wildman–Crippen LogP) is 2.80. The van der Waals surface area contributed by atoms with E-state index in [1.165, 1.54) is 17.6 Å². The number of thiazole rings is 1. The summed E-state index contributed by atoms with van der Waals surface area (Å²) in [7, 11) is -4.60. The second-order valence-electron chi connectivity index (χ2n) is 8.95. The summed E-state index contributed by atoms with van der Waals surface area (Å²) in [5, 5.41) is 5.68. The van der Waals surface area contributed by atoms with E-state index in [2.05, 4.69) is 15.6 Å². The van der Waals surface area contributed by atoms with Crippen molar-refractivity contribution >= 4 is 70.0 Å². The van der Waals surface area contributed by atoms with E-state index in [1.54, 1.807) is 27.4 Å². The molecular formula is C22H29FN5O6PS3. The van der Waals surface area contributed by atoms with Crippen molar-refractivity contribution < 1.29 is 31.9 Å². The second-order valence-corrected chi connectivity index (χ2v) is 13.2. The Morgan fingerprint density at radius 3 is 2.61 bits per heavy atom. The number of rotatable bonds is 8. The van der Waals surface area contributed by atoms with Crippen LogP contribution in [-0.2, 0) is 24.3 Å². The first-order valence-corrected chi connectivity index (χ1v) is 15.6. The van der Waals surface area contributed by atoms with Crippen molar-refractivity contribution in [1.29, 1.82) is 0 Å². The molecule has 2 heterocycles. The predicted molar refractivity (Wildman–Crippen MR) is 149 cm³/mol. The maximum atomic E-state index is 14.9. The Morgan fingerprint density at radius 2 is 2.00 bits per heavy atom. The van der Waals surface area contributed by atoms with Crippen LogP contribution in [-0.4, -0.2) is 80.4 Å². The molecule has 1 fully saturated rings. The van der Waals surface area contributed by atoms with E-state index in [-0.39, 0.29) is 36.6 Å². The minimum atomic E-state index is -4.27. The number of benzene rings is 1. The van der Waals surface area contributed by atoms with Crippen LogP contribution in [0.15, 0.2) is 28.6 Å². The summed E-state index contributed by atoms with van der Waals surface area (Å²) in [4.78, 5) is 30.4. The smallest absolute Gasteiger partial charge is 0.360 e. The van der Waals surface area contributed by atoms with Crippen molar-refractivity contribution in [1.82, 2.24) is 15.2 Å². The van der Waals surface area contributed by atoms with Gasteiger partial charge in [-0.2, -0.15) is 0 Å². The number of carbonyl (C=O) groups excluding carboxylic acids is 2. The summed E-state index contributed by atoms with van der Waals surface area (Å²) in [6.45, 7) is 8.75. The van der Waals surface area contributed by atoms with Gasteiger partial charge in [-0.1, -0.05) is 0 Å². The van der Waals surface area contributed by atoms with E-state index in [9.17, 15) is 22.4 Å². The van der Waals surface area contributed by atoms with E-state index in [4.69, 9.17) is 21.7 Å². The molecule has 0 spiro atoms. The van der Waals surface area contributed by atoms with E-state index >= 15 is 0 Å². The van der Waals surface area contributed by atoms with Crippen molar-refractivity contribution in [2.75, 3.05) is 48.9 Å². The van der Waals surface area contributed by atoms with Crippen LogP contribution in [0.1, 0.15) is 31.3 Å². The number of hydrogen-bond acceptors (Lipinski definition) is 9. The molecule has 0 bridgehead atoms. The highest BCUT2D eigenvalue weighted by molar-refractivity contribution is 7.98. The number of aromatic nitrogens is 1. The van der Waals surface area contributed by atoms with Gasteiger partial charge < -0.3 is 25.0 Å². The first-order chi connectivity index (χ1) is 17.8. The molecule has 16 heteroatoms. The lowest BCUT2D eigenvalue weighted by molar-refractivity contribution is -0.115. The fourth-order valence-electron chi connectivity index (χ4n) is 3.27. The molecule has 0 aliphatic carbocycles. The normalized spacial score (nSPS) is 14.4. The zero-order chi connectivity index (χ0) is 28.1. The quantitative estimate of drug-likeness (QED) is 0.263. The SMILES string of the molecule is CPN(c1scnc1C(=O)OC(C)(C)C)S(=O)(=O)c1ccc(NC(=O)CNC(=S)N2CCOCC2)c(F)c1. The first-order valence-electron chi connectivity index (χ1n) is 11.4. The second kappa shape index (κ2) is 12.6. The number of thiocarbonyl (C=S) groups is 1. The number of amides is 1. The topological polar surface area (TPSA) is 130 Å². The molecule has 1 amide bonds. The van der Waals surface area contributed by atoms with Gasteiger partial charge in [-0.3, -0.25) is 4.79 Å². The summed E-state index contributed by atoms with van der Waals surface area (Å²) in [5.74, 6) is -2.26. The maximum absolute atomic E-state index is 14.9. The monoisotopic (exact) mass is 605 g/mol. The summed E-state index contributed by atoms with van der Waals surface area (Å²) in [6, 6.07) is 3.16. The zero-order valence-corrected chi connectivity index (χ0v) is 24.7. The number of nitrogens with zero attached hydrogens (tertiary/aromatic N) is 3. The van der Waals surface area contributed by atoms with Crippen LogP contribution < -0.4 is 14.7 Å². The van der Waals surface area contributed by atoms with Gasteiger partial charge in [0.05, 0.1) is 35.9 Å². The van der Waals surface area contributed by atoms with Crippen LogP contribution in [0.3, 0.4) is 0 Å². The van der Waals surface area contributed by atoms with Crippen molar-refractivity contribution in [3.8, 4) is 0 Å². The Hall–Kier alpha value is -2.45. The average Bonchev–Trinajstić information content (AvgIpc) is 3.33. The van der Waals surface area contributed by atoms with Gasteiger partial charge in [-0.25, -0.2) is 26.7 Å². The minimum absolute atomic E-state index is 0.0696. The van der Waals surface area contributed by atoms with Crippen molar-refractivity contribution in [2.45, 2.75) is 31.3 Å². The molecule has 0 radical (unpaired) electrons.